The maximum absolute atomic E-state index is 15.3. The van der Waals surface area contributed by atoms with Crippen LogP contribution in [0.2, 0.25) is 0 Å². The molecule has 0 saturated carbocycles. The zero-order chi connectivity index (χ0) is 23.8. The lowest BCUT2D eigenvalue weighted by Gasteiger charge is -2.37. The Labute approximate surface area is 194 Å². The third-order valence-electron chi connectivity index (χ3n) is 5.93. The molecule has 180 valence electrons. The van der Waals surface area contributed by atoms with Crippen molar-refractivity contribution < 1.29 is 23.8 Å². The van der Waals surface area contributed by atoms with Gasteiger partial charge in [0, 0.05) is 25.8 Å². The number of carboxylic acid groups (broad SMARTS) is 1. The number of aromatic nitrogens is 2. The summed E-state index contributed by atoms with van der Waals surface area (Å²) in [5.74, 6) is -1.76. The van der Waals surface area contributed by atoms with E-state index in [-0.39, 0.29) is 18.5 Å². The number of anilines is 3. The predicted octanol–water partition coefficient (Wildman–Crippen LogP) is 4.73. The zero-order valence-electron chi connectivity index (χ0n) is 19.5. The normalized spacial score (nSPS) is 15.2. The lowest BCUT2D eigenvalue weighted by atomic mass is 9.91. The molecule has 1 fully saturated rings. The third-order valence-corrected chi connectivity index (χ3v) is 5.93. The maximum Gasteiger partial charge on any atom is 0.316 e. The minimum absolute atomic E-state index is 0.129. The van der Waals surface area contributed by atoms with E-state index >= 15 is 4.39 Å². The van der Waals surface area contributed by atoms with Crippen molar-refractivity contribution in [3.05, 3.63) is 35.9 Å². The number of benzene rings is 1. The van der Waals surface area contributed by atoms with Gasteiger partial charge in [0.2, 0.25) is 0 Å². The highest BCUT2D eigenvalue weighted by Gasteiger charge is 2.26. The highest BCUT2D eigenvalue weighted by Crippen LogP contribution is 2.38. The van der Waals surface area contributed by atoms with Gasteiger partial charge in [-0.15, -0.1) is 0 Å². The van der Waals surface area contributed by atoms with Gasteiger partial charge in [-0.05, 0) is 56.7 Å². The van der Waals surface area contributed by atoms with Crippen LogP contribution in [0.25, 0.3) is 0 Å². The average Bonchev–Trinajstić information content (AvgIpc) is 2.81. The first-order valence-corrected chi connectivity index (χ1v) is 11.6. The number of nitrogens with zero attached hydrogens (tertiary/aromatic N) is 3. The van der Waals surface area contributed by atoms with Crippen LogP contribution in [0, 0.1) is 5.82 Å². The van der Waals surface area contributed by atoms with Crippen molar-refractivity contribution in [2.45, 2.75) is 58.4 Å². The second kappa shape index (κ2) is 11.8. The average molecular weight is 461 g/mol. The molecule has 1 aliphatic rings. The van der Waals surface area contributed by atoms with Gasteiger partial charge < -0.3 is 24.8 Å². The van der Waals surface area contributed by atoms with Crippen LogP contribution in [-0.2, 0) is 9.53 Å². The molecule has 0 spiro atoms. The van der Waals surface area contributed by atoms with Crippen LogP contribution in [0.1, 0.15) is 57.9 Å². The summed E-state index contributed by atoms with van der Waals surface area (Å²) >= 11 is 0. The number of aliphatic carboxylic acids is 1. The number of nitrogens with one attached hydrogen (secondary N) is 1. The van der Waals surface area contributed by atoms with Gasteiger partial charge in [0.15, 0.2) is 0 Å². The molecule has 1 unspecified atom stereocenters. The molecule has 0 bridgehead atoms. The second-order valence-corrected chi connectivity index (χ2v) is 8.04. The van der Waals surface area contributed by atoms with Crippen LogP contribution in [0.3, 0.4) is 0 Å². The molecule has 0 radical (unpaired) electrons. The van der Waals surface area contributed by atoms with Crippen molar-refractivity contribution in [2.75, 3.05) is 36.6 Å². The molecule has 9 heteroatoms. The van der Waals surface area contributed by atoms with Crippen molar-refractivity contribution in [3.63, 3.8) is 0 Å². The third kappa shape index (κ3) is 6.31. The van der Waals surface area contributed by atoms with Gasteiger partial charge in [-0.3, -0.25) is 4.79 Å². The van der Waals surface area contributed by atoms with E-state index in [0.717, 1.165) is 18.5 Å². The maximum atomic E-state index is 15.3. The Morgan fingerprint density at radius 2 is 1.97 bits per heavy atom. The van der Waals surface area contributed by atoms with E-state index in [9.17, 15) is 9.90 Å². The van der Waals surface area contributed by atoms with Crippen molar-refractivity contribution in [1.29, 1.82) is 0 Å². The first-order valence-electron chi connectivity index (χ1n) is 11.6. The van der Waals surface area contributed by atoms with Gasteiger partial charge in [0.05, 0.1) is 42.5 Å². The monoisotopic (exact) mass is 460 g/mol. The minimum atomic E-state index is -0.947. The molecular weight excluding hydrogens is 427 g/mol. The summed E-state index contributed by atoms with van der Waals surface area (Å²) in [6.45, 7) is 8.29. The van der Waals surface area contributed by atoms with Gasteiger partial charge in [-0.1, -0.05) is 6.92 Å². The van der Waals surface area contributed by atoms with Gasteiger partial charge in [0.25, 0.3) is 0 Å². The van der Waals surface area contributed by atoms with E-state index < -0.39 is 17.7 Å². The SMILES string of the molecule is CCOc1ncc(Nc2cc(C(CC)CC(=O)O)c(F)cc2N(CC)C2CCOCC2)cn1. The molecular formula is C24H33FN4O4. The topological polar surface area (TPSA) is 96.8 Å². The molecule has 1 aliphatic heterocycles. The quantitative estimate of drug-likeness (QED) is 0.497. The van der Waals surface area contributed by atoms with Gasteiger partial charge in [-0.25, -0.2) is 14.4 Å². The first kappa shape index (κ1) is 24.7. The molecule has 3 rings (SSSR count). The molecule has 1 aromatic heterocycles. The summed E-state index contributed by atoms with van der Waals surface area (Å²) in [6, 6.07) is 3.77. The molecule has 2 aromatic rings. The summed E-state index contributed by atoms with van der Waals surface area (Å²) in [7, 11) is 0. The highest BCUT2D eigenvalue weighted by atomic mass is 19.1. The molecule has 0 aliphatic carbocycles. The van der Waals surface area contributed by atoms with Crippen molar-refractivity contribution in [2.24, 2.45) is 0 Å². The standard InChI is InChI=1S/C24H33FN4O4/c1-4-16(11-23(30)31)19-12-21(28-17-14-26-24(27-15-17)33-6-3)22(13-20(19)25)29(5-2)18-7-9-32-10-8-18/h12-16,18,28H,4-11H2,1-3H3,(H,30,31). The van der Waals surface area contributed by atoms with Crippen LogP contribution < -0.4 is 15.0 Å². The Hall–Kier alpha value is -2.94. The molecule has 1 saturated heterocycles. The number of ether oxygens (including phenoxy) is 2. The van der Waals surface area contributed by atoms with E-state index in [1.165, 1.54) is 6.07 Å². The fourth-order valence-electron chi connectivity index (χ4n) is 4.28. The van der Waals surface area contributed by atoms with Crippen LogP contribution in [-0.4, -0.2) is 53.5 Å². The van der Waals surface area contributed by atoms with Crippen molar-refractivity contribution >= 4 is 23.0 Å². The predicted molar refractivity (Wildman–Crippen MR) is 125 cm³/mol. The number of hydrogen-bond acceptors (Lipinski definition) is 7. The molecule has 1 atom stereocenters. The highest BCUT2D eigenvalue weighted by molar-refractivity contribution is 5.77. The van der Waals surface area contributed by atoms with Crippen LogP contribution >= 0.6 is 0 Å². The Kier molecular flexibility index (Phi) is 8.82. The Morgan fingerprint density at radius 3 is 2.55 bits per heavy atom. The lowest BCUT2D eigenvalue weighted by Crippen LogP contribution is -2.39. The first-order chi connectivity index (χ1) is 16.0. The van der Waals surface area contributed by atoms with Crippen molar-refractivity contribution in [1.82, 2.24) is 9.97 Å². The Bertz CT molecular complexity index is 919. The fourth-order valence-corrected chi connectivity index (χ4v) is 4.28. The summed E-state index contributed by atoms with van der Waals surface area (Å²) < 4.78 is 26.2. The van der Waals surface area contributed by atoms with Crippen LogP contribution in [0.5, 0.6) is 6.01 Å². The van der Waals surface area contributed by atoms with Gasteiger partial charge in [-0.2, -0.15) is 0 Å². The molecule has 0 amide bonds. The Balaban J connectivity index is 2.02. The summed E-state index contributed by atoms with van der Waals surface area (Å²) in [6.07, 6.45) is 5.34. The Morgan fingerprint density at radius 1 is 1.27 bits per heavy atom. The van der Waals surface area contributed by atoms with Gasteiger partial charge in [0.1, 0.15) is 5.82 Å². The molecule has 2 heterocycles. The lowest BCUT2D eigenvalue weighted by molar-refractivity contribution is -0.137. The molecule has 2 N–H and O–H groups in total. The van der Waals surface area contributed by atoms with Gasteiger partial charge >= 0.3 is 12.0 Å². The van der Waals surface area contributed by atoms with E-state index in [4.69, 9.17) is 9.47 Å². The van der Waals surface area contributed by atoms with E-state index in [2.05, 4.69) is 20.2 Å². The zero-order valence-corrected chi connectivity index (χ0v) is 19.5. The number of carbonyl (C=O) groups is 1. The summed E-state index contributed by atoms with van der Waals surface area (Å²) in [5.41, 5.74) is 2.44. The second-order valence-electron chi connectivity index (χ2n) is 8.04. The number of carboxylic acids is 1. The number of halogens is 1. The van der Waals surface area contributed by atoms with Crippen LogP contribution in [0.4, 0.5) is 21.5 Å². The van der Waals surface area contributed by atoms with E-state index in [0.29, 0.717) is 49.7 Å². The van der Waals surface area contributed by atoms with Crippen LogP contribution in [0.15, 0.2) is 24.5 Å². The minimum Gasteiger partial charge on any atom is -0.481 e. The molecule has 33 heavy (non-hydrogen) atoms. The molecule has 8 nitrogen and oxygen atoms in total. The van der Waals surface area contributed by atoms with E-state index in [1.54, 1.807) is 18.5 Å². The van der Waals surface area contributed by atoms with E-state index in [1.807, 2.05) is 20.8 Å². The van der Waals surface area contributed by atoms with Crippen molar-refractivity contribution in [3.8, 4) is 6.01 Å². The number of rotatable bonds is 11. The largest absolute Gasteiger partial charge is 0.481 e. The summed E-state index contributed by atoms with van der Waals surface area (Å²) in [5, 5.41) is 12.6. The summed E-state index contributed by atoms with van der Waals surface area (Å²) in [4.78, 5) is 21.9. The fraction of sp³-hybridized carbons (Fsp3) is 0.542. The number of hydrogen-bond donors (Lipinski definition) is 2. The smallest absolute Gasteiger partial charge is 0.316 e. The molecule has 1 aromatic carbocycles.